The van der Waals surface area contributed by atoms with Gasteiger partial charge in [0, 0.05) is 18.8 Å². The van der Waals surface area contributed by atoms with Crippen LogP contribution < -0.4 is 5.32 Å². The van der Waals surface area contributed by atoms with E-state index in [2.05, 4.69) is 15.2 Å². The second-order valence-corrected chi connectivity index (χ2v) is 7.28. The largest absolute Gasteiger partial charge is 0.416 e. The van der Waals surface area contributed by atoms with Gasteiger partial charge in [-0.05, 0) is 43.2 Å². The molecule has 28 heavy (non-hydrogen) atoms. The zero-order valence-electron chi connectivity index (χ0n) is 15.1. The lowest BCUT2D eigenvalue weighted by Gasteiger charge is -2.19. The molecule has 1 aliphatic heterocycles. The molecule has 0 radical (unpaired) electrons. The van der Waals surface area contributed by atoms with Crippen LogP contribution >= 0.6 is 11.8 Å². The summed E-state index contributed by atoms with van der Waals surface area (Å²) in [7, 11) is 0. The number of amides is 1. The highest BCUT2D eigenvalue weighted by molar-refractivity contribution is 8.14. The van der Waals surface area contributed by atoms with Crippen molar-refractivity contribution >= 4 is 34.2 Å². The minimum absolute atomic E-state index is 0.0679. The lowest BCUT2D eigenvalue weighted by Crippen LogP contribution is -2.27. The van der Waals surface area contributed by atoms with E-state index in [1.54, 1.807) is 0 Å². The predicted octanol–water partition coefficient (Wildman–Crippen LogP) is 5.16. The van der Waals surface area contributed by atoms with E-state index in [1.165, 1.54) is 23.9 Å². The predicted molar refractivity (Wildman–Crippen MR) is 107 cm³/mol. The number of halogens is 3. The number of hydrogen-bond donors (Lipinski definition) is 1. The quantitative estimate of drug-likeness (QED) is 0.562. The Kier molecular flexibility index (Phi) is 6.61. The van der Waals surface area contributed by atoms with E-state index in [4.69, 9.17) is 0 Å². The first-order valence-corrected chi connectivity index (χ1v) is 9.89. The summed E-state index contributed by atoms with van der Waals surface area (Å²) in [6.45, 7) is 1.77. The summed E-state index contributed by atoms with van der Waals surface area (Å²) in [5.74, 6) is -0.303. The normalized spacial score (nSPS) is 15.0. The fraction of sp³-hybridized carbons (Fsp3) is 0.300. The van der Waals surface area contributed by atoms with E-state index in [9.17, 15) is 18.0 Å². The van der Waals surface area contributed by atoms with Gasteiger partial charge in [-0.2, -0.15) is 13.2 Å². The summed E-state index contributed by atoms with van der Waals surface area (Å²) < 4.78 is 38.4. The van der Waals surface area contributed by atoms with Crippen LogP contribution in [0.3, 0.4) is 0 Å². The first kappa shape index (κ1) is 20.3. The van der Waals surface area contributed by atoms with Crippen LogP contribution in [-0.4, -0.2) is 34.8 Å². The van der Waals surface area contributed by atoms with Crippen molar-refractivity contribution in [3.8, 4) is 0 Å². The number of aliphatic imine (C=N–C) groups is 1. The molecule has 148 valence electrons. The lowest BCUT2D eigenvalue weighted by atomic mass is 10.2. The number of nitrogens with zero attached hydrogens (tertiary/aromatic N) is 2. The van der Waals surface area contributed by atoms with Gasteiger partial charge in [-0.25, -0.2) is 4.99 Å². The molecule has 0 spiro atoms. The van der Waals surface area contributed by atoms with Gasteiger partial charge >= 0.3 is 6.18 Å². The van der Waals surface area contributed by atoms with Crippen LogP contribution in [0.25, 0.3) is 0 Å². The van der Waals surface area contributed by atoms with E-state index in [1.807, 2.05) is 30.3 Å². The fourth-order valence-electron chi connectivity index (χ4n) is 2.82. The molecule has 1 fully saturated rings. The maximum absolute atomic E-state index is 12.8. The smallest absolute Gasteiger partial charge is 0.351 e. The van der Waals surface area contributed by atoms with Crippen molar-refractivity contribution < 1.29 is 18.0 Å². The summed E-state index contributed by atoms with van der Waals surface area (Å²) in [5.41, 5.74) is 0.139. The number of carbonyl (C=O) groups excluding carboxylic acids is 1. The SMILES string of the molecule is O=C(CSC(=Nc1ccccc1)N1CCCC1)Nc1cccc(C(F)(F)F)c1. The minimum atomic E-state index is -4.44. The van der Waals surface area contributed by atoms with Gasteiger partial charge in [0.1, 0.15) is 0 Å². The van der Waals surface area contributed by atoms with Gasteiger partial charge in [0.15, 0.2) is 5.17 Å². The standard InChI is InChI=1S/C20H20F3N3OS/c21-20(22,23)15-7-6-10-17(13-15)24-18(27)14-28-19(26-11-4-5-12-26)25-16-8-2-1-3-9-16/h1-3,6-10,13H,4-5,11-12,14H2,(H,24,27). The first-order valence-electron chi connectivity index (χ1n) is 8.90. The van der Waals surface area contributed by atoms with Crippen molar-refractivity contribution in [3.05, 3.63) is 60.2 Å². The van der Waals surface area contributed by atoms with Crippen molar-refractivity contribution in [1.29, 1.82) is 0 Å². The van der Waals surface area contributed by atoms with Crippen LogP contribution in [0.1, 0.15) is 18.4 Å². The minimum Gasteiger partial charge on any atom is -0.351 e. The number of alkyl halides is 3. The van der Waals surface area contributed by atoms with E-state index in [-0.39, 0.29) is 17.3 Å². The number of likely N-dealkylation sites (tertiary alicyclic amines) is 1. The molecule has 4 nitrogen and oxygen atoms in total. The molecule has 3 rings (SSSR count). The van der Waals surface area contributed by atoms with Gasteiger partial charge < -0.3 is 10.2 Å². The van der Waals surface area contributed by atoms with Crippen LogP contribution in [0, 0.1) is 0 Å². The Morgan fingerprint density at radius 1 is 1.07 bits per heavy atom. The van der Waals surface area contributed by atoms with E-state index >= 15 is 0 Å². The Morgan fingerprint density at radius 3 is 2.46 bits per heavy atom. The Hall–Kier alpha value is -2.48. The van der Waals surface area contributed by atoms with Crippen LogP contribution in [0.2, 0.25) is 0 Å². The van der Waals surface area contributed by atoms with Gasteiger partial charge in [0.25, 0.3) is 0 Å². The molecule has 0 unspecified atom stereocenters. The summed E-state index contributed by atoms with van der Waals surface area (Å²) in [4.78, 5) is 19.0. The monoisotopic (exact) mass is 407 g/mol. The molecule has 8 heteroatoms. The number of carbonyl (C=O) groups is 1. The molecular formula is C20H20F3N3OS. The second kappa shape index (κ2) is 9.14. The molecule has 1 amide bonds. The lowest BCUT2D eigenvalue weighted by molar-refractivity contribution is -0.137. The van der Waals surface area contributed by atoms with Gasteiger partial charge in [0.2, 0.25) is 5.91 Å². The first-order chi connectivity index (χ1) is 13.4. The van der Waals surface area contributed by atoms with Gasteiger partial charge in [-0.1, -0.05) is 36.0 Å². The number of rotatable bonds is 4. The molecule has 0 atom stereocenters. The fourth-order valence-corrected chi connectivity index (χ4v) is 3.68. The van der Waals surface area contributed by atoms with Crippen LogP contribution in [0.5, 0.6) is 0 Å². The van der Waals surface area contributed by atoms with E-state index in [0.29, 0.717) is 0 Å². The Balaban J connectivity index is 1.65. The highest BCUT2D eigenvalue weighted by atomic mass is 32.2. The topological polar surface area (TPSA) is 44.7 Å². The number of anilines is 1. The second-order valence-electron chi connectivity index (χ2n) is 6.34. The van der Waals surface area contributed by atoms with Gasteiger partial charge in [-0.15, -0.1) is 0 Å². The third kappa shape index (κ3) is 5.76. The number of thioether (sulfide) groups is 1. The maximum atomic E-state index is 12.8. The number of amidine groups is 1. The van der Waals surface area contributed by atoms with Gasteiger partial charge in [0.05, 0.1) is 17.0 Å². The summed E-state index contributed by atoms with van der Waals surface area (Å²) in [6, 6.07) is 14.1. The molecule has 1 saturated heterocycles. The molecule has 0 aliphatic carbocycles. The average molecular weight is 407 g/mol. The Labute approximate surface area is 165 Å². The van der Waals surface area contributed by atoms with Crippen molar-refractivity contribution in [3.63, 3.8) is 0 Å². The summed E-state index contributed by atoms with van der Waals surface area (Å²) in [5, 5.41) is 3.28. The summed E-state index contributed by atoms with van der Waals surface area (Å²) >= 11 is 1.29. The molecule has 1 N–H and O–H groups in total. The number of benzene rings is 2. The molecular weight excluding hydrogens is 387 g/mol. The maximum Gasteiger partial charge on any atom is 0.416 e. The third-order valence-electron chi connectivity index (χ3n) is 4.16. The molecule has 0 bridgehead atoms. The van der Waals surface area contributed by atoms with Crippen molar-refractivity contribution in [2.75, 3.05) is 24.2 Å². The van der Waals surface area contributed by atoms with Crippen LogP contribution in [0.15, 0.2) is 59.6 Å². The molecule has 1 heterocycles. The third-order valence-corrected chi connectivity index (χ3v) is 5.18. The average Bonchev–Trinajstić information content (AvgIpc) is 3.20. The highest BCUT2D eigenvalue weighted by Gasteiger charge is 2.30. The number of para-hydroxylation sites is 1. The summed E-state index contributed by atoms with van der Waals surface area (Å²) in [6.07, 6.45) is -2.30. The zero-order chi connectivity index (χ0) is 20.0. The highest BCUT2D eigenvalue weighted by Crippen LogP contribution is 2.30. The Bertz CT molecular complexity index is 834. The van der Waals surface area contributed by atoms with Crippen molar-refractivity contribution in [2.45, 2.75) is 19.0 Å². The molecule has 0 aromatic heterocycles. The van der Waals surface area contributed by atoms with Crippen molar-refractivity contribution in [2.24, 2.45) is 4.99 Å². The van der Waals surface area contributed by atoms with E-state index < -0.39 is 11.7 Å². The number of hydrogen-bond acceptors (Lipinski definition) is 3. The number of nitrogens with one attached hydrogen (secondary N) is 1. The Morgan fingerprint density at radius 2 is 1.79 bits per heavy atom. The van der Waals surface area contributed by atoms with Crippen LogP contribution in [-0.2, 0) is 11.0 Å². The van der Waals surface area contributed by atoms with Gasteiger partial charge in [-0.3, -0.25) is 4.79 Å². The van der Waals surface area contributed by atoms with Crippen LogP contribution in [0.4, 0.5) is 24.5 Å². The molecule has 2 aromatic carbocycles. The molecule has 0 saturated carbocycles. The van der Waals surface area contributed by atoms with Crippen molar-refractivity contribution in [1.82, 2.24) is 4.90 Å². The van der Waals surface area contributed by atoms with E-state index in [0.717, 1.165) is 48.9 Å². The zero-order valence-corrected chi connectivity index (χ0v) is 15.9. The molecule has 2 aromatic rings. The molecule has 1 aliphatic rings.